The van der Waals surface area contributed by atoms with Gasteiger partial charge in [-0.3, -0.25) is 9.69 Å². The molecule has 0 aliphatic carbocycles. The van der Waals surface area contributed by atoms with Gasteiger partial charge in [-0.2, -0.15) is 0 Å². The molecule has 0 saturated carbocycles. The second kappa shape index (κ2) is 8.76. The summed E-state index contributed by atoms with van der Waals surface area (Å²) in [6.45, 7) is 6.61. The average molecular weight is 359 g/mol. The molecule has 2 atom stereocenters. The Morgan fingerprint density at radius 3 is 2.87 bits per heavy atom. The fourth-order valence-electron chi connectivity index (χ4n) is 2.76. The van der Waals surface area contributed by atoms with Gasteiger partial charge < -0.3 is 10.1 Å². The SMILES string of the molecule is CC(Oc1ccc(Cl)c(Cl)c1)C(=O)NCCN1CCCCC1C. The first kappa shape index (κ1) is 18.4. The Labute approximate surface area is 148 Å². The van der Waals surface area contributed by atoms with E-state index >= 15 is 0 Å². The summed E-state index contributed by atoms with van der Waals surface area (Å²) in [6.07, 6.45) is 3.21. The number of rotatable bonds is 6. The number of halogens is 2. The number of carbonyl (C=O) groups is 1. The van der Waals surface area contributed by atoms with Gasteiger partial charge in [0.15, 0.2) is 6.10 Å². The maximum Gasteiger partial charge on any atom is 0.260 e. The van der Waals surface area contributed by atoms with Gasteiger partial charge in [-0.05, 0) is 45.4 Å². The van der Waals surface area contributed by atoms with Crippen molar-refractivity contribution in [3.8, 4) is 5.75 Å². The molecular formula is C17H24Cl2N2O2. The number of hydrogen-bond donors (Lipinski definition) is 1. The summed E-state index contributed by atoms with van der Waals surface area (Å²) in [6, 6.07) is 5.57. The summed E-state index contributed by atoms with van der Waals surface area (Å²) in [7, 11) is 0. The molecular weight excluding hydrogens is 335 g/mol. The van der Waals surface area contributed by atoms with Gasteiger partial charge in [0, 0.05) is 25.2 Å². The highest BCUT2D eigenvalue weighted by atomic mass is 35.5. The van der Waals surface area contributed by atoms with Crippen LogP contribution in [0.15, 0.2) is 18.2 Å². The zero-order chi connectivity index (χ0) is 16.8. The van der Waals surface area contributed by atoms with E-state index in [0.717, 1.165) is 13.1 Å². The van der Waals surface area contributed by atoms with Crippen molar-refractivity contribution in [2.24, 2.45) is 0 Å². The summed E-state index contributed by atoms with van der Waals surface area (Å²) in [5, 5.41) is 3.81. The summed E-state index contributed by atoms with van der Waals surface area (Å²) in [5.41, 5.74) is 0. The molecule has 23 heavy (non-hydrogen) atoms. The van der Waals surface area contributed by atoms with E-state index in [1.54, 1.807) is 25.1 Å². The number of nitrogens with zero attached hydrogens (tertiary/aromatic N) is 1. The Bertz CT molecular complexity index is 539. The maximum absolute atomic E-state index is 12.1. The number of benzene rings is 1. The summed E-state index contributed by atoms with van der Waals surface area (Å²) >= 11 is 11.8. The summed E-state index contributed by atoms with van der Waals surface area (Å²) in [5.74, 6) is 0.410. The topological polar surface area (TPSA) is 41.6 Å². The predicted molar refractivity (Wildman–Crippen MR) is 94.4 cm³/mol. The van der Waals surface area contributed by atoms with Crippen molar-refractivity contribution in [2.45, 2.75) is 45.3 Å². The molecule has 0 radical (unpaired) electrons. The number of likely N-dealkylation sites (tertiary alicyclic amines) is 1. The first-order chi connectivity index (χ1) is 11.0. The van der Waals surface area contributed by atoms with Crippen LogP contribution in [0.4, 0.5) is 0 Å². The molecule has 1 fully saturated rings. The first-order valence-electron chi connectivity index (χ1n) is 8.11. The Balaban J connectivity index is 1.75. The van der Waals surface area contributed by atoms with Gasteiger partial charge in [-0.25, -0.2) is 0 Å². The van der Waals surface area contributed by atoms with Crippen molar-refractivity contribution < 1.29 is 9.53 Å². The molecule has 0 aromatic heterocycles. The van der Waals surface area contributed by atoms with E-state index in [0.29, 0.717) is 28.4 Å². The van der Waals surface area contributed by atoms with E-state index in [1.807, 2.05) is 0 Å². The molecule has 1 heterocycles. The average Bonchev–Trinajstić information content (AvgIpc) is 2.52. The molecule has 1 N–H and O–H groups in total. The van der Waals surface area contributed by atoms with Gasteiger partial charge in [-0.1, -0.05) is 29.6 Å². The number of nitrogens with one attached hydrogen (secondary N) is 1. The highest BCUT2D eigenvalue weighted by Gasteiger charge is 2.19. The first-order valence-corrected chi connectivity index (χ1v) is 8.86. The third-order valence-electron chi connectivity index (χ3n) is 4.21. The quantitative estimate of drug-likeness (QED) is 0.841. The molecule has 0 spiro atoms. The van der Waals surface area contributed by atoms with Gasteiger partial charge in [0.25, 0.3) is 5.91 Å². The van der Waals surface area contributed by atoms with Gasteiger partial charge in [0.2, 0.25) is 0 Å². The largest absolute Gasteiger partial charge is 0.481 e. The lowest BCUT2D eigenvalue weighted by atomic mass is 10.0. The van der Waals surface area contributed by atoms with Crippen molar-refractivity contribution in [1.82, 2.24) is 10.2 Å². The molecule has 1 aliphatic heterocycles. The van der Waals surface area contributed by atoms with E-state index in [4.69, 9.17) is 27.9 Å². The molecule has 1 amide bonds. The smallest absolute Gasteiger partial charge is 0.260 e. The normalized spacial score (nSPS) is 20.1. The van der Waals surface area contributed by atoms with Gasteiger partial charge in [-0.15, -0.1) is 0 Å². The van der Waals surface area contributed by atoms with Crippen LogP contribution in [0, 0.1) is 0 Å². The fourth-order valence-corrected chi connectivity index (χ4v) is 3.05. The Kier molecular flexibility index (Phi) is 7.00. The molecule has 1 aromatic rings. The minimum absolute atomic E-state index is 0.124. The maximum atomic E-state index is 12.1. The molecule has 4 nitrogen and oxygen atoms in total. The van der Waals surface area contributed by atoms with Gasteiger partial charge in [0.05, 0.1) is 10.0 Å². The number of piperidine rings is 1. The second-order valence-corrected chi connectivity index (χ2v) is 6.82. The van der Waals surface area contributed by atoms with Crippen LogP contribution in [-0.4, -0.2) is 42.6 Å². The van der Waals surface area contributed by atoms with Crippen molar-refractivity contribution in [3.63, 3.8) is 0 Å². The summed E-state index contributed by atoms with van der Waals surface area (Å²) < 4.78 is 5.61. The van der Waals surface area contributed by atoms with E-state index in [-0.39, 0.29) is 5.91 Å². The van der Waals surface area contributed by atoms with Crippen LogP contribution in [-0.2, 0) is 4.79 Å². The lowest BCUT2D eigenvalue weighted by molar-refractivity contribution is -0.127. The monoisotopic (exact) mass is 358 g/mol. The van der Waals surface area contributed by atoms with Gasteiger partial charge in [0.1, 0.15) is 5.75 Å². The fraction of sp³-hybridized carbons (Fsp3) is 0.588. The Morgan fingerprint density at radius 2 is 2.17 bits per heavy atom. The van der Waals surface area contributed by atoms with Crippen LogP contribution in [0.2, 0.25) is 10.0 Å². The number of carbonyl (C=O) groups excluding carboxylic acids is 1. The second-order valence-electron chi connectivity index (χ2n) is 6.01. The molecule has 2 unspecified atom stereocenters. The molecule has 1 saturated heterocycles. The number of hydrogen-bond acceptors (Lipinski definition) is 3. The van der Waals surface area contributed by atoms with Crippen LogP contribution in [0.5, 0.6) is 5.75 Å². The third-order valence-corrected chi connectivity index (χ3v) is 4.95. The lowest BCUT2D eigenvalue weighted by Crippen LogP contribution is -2.44. The minimum atomic E-state index is -0.578. The van der Waals surface area contributed by atoms with E-state index in [1.165, 1.54) is 19.3 Å². The Morgan fingerprint density at radius 1 is 1.39 bits per heavy atom. The van der Waals surface area contributed by atoms with Crippen molar-refractivity contribution in [3.05, 3.63) is 28.2 Å². The standard InChI is InChI=1S/C17H24Cl2N2O2/c1-12-5-3-4-9-21(12)10-8-20-17(22)13(2)23-14-6-7-15(18)16(19)11-14/h6-7,11-13H,3-5,8-10H2,1-2H3,(H,20,22). The van der Waals surface area contributed by atoms with E-state index in [9.17, 15) is 4.79 Å². The highest BCUT2D eigenvalue weighted by molar-refractivity contribution is 6.42. The minimum Gasteiger partial charge on any atom is -0.481 e. The number of ether oxygens (including phenoxy) is 1. The van der Waals surface area contributed by atoms with Crippen molar-refractivity contribution in [1.29, 1.82) is 0 Å². The van der Waals surface area contributed by atoms with Crippen molar-refractivity contribution in [2.75, 3.05) is 19.6 Å². The highest BCUT2D eigenvalue weighted by Crippen LogP contribution is 2.26. The van der Waals surface area contributed by atoms with E-state index in [2.05, 4.69) is 17.1 Å². The zero-order valence-electron chi connectivity index (χ0n) is 13.6. The van der Waals surface area contributed by atoms with Crippen LogP contribution in [0.25, 0.3) is 0 Å². The summed E-state index contributed by atoms with van der Waals surface area (Å²) in [4.78, 5) is 14.5. The molecule has 6 heteroatoms. The van der Waals surface area contributed by atoms with Gasteiger partial charge >= 0.3 is 0 Å². The molecule has 2 rings (SSSR count). The lowest BCUT2D eigenvalue weighted by Gasteiger charge is -2.33. The van der Waals surface area contributed by atoms with Crippen molar-refractivity contribution >= 4 is 29.1 Å². The predicted octanol–water partition coefficient (Wildman–Crippen LogP) is 3.75. The van der Waals surface area contributed by atoms with Crippen LogP contribution < -0.4 is 10.1 Å². The van der Waals surface area contributed by atoms with E-state index < -0.39 is 6.10 Å². The van der Waals surface area contributed by atoms with Crippen LogP contribution in [0.3, 0.4) is 0 Å². The Hall–Kier alpha value is -0.970. The molecule has 1 aliphatic rings. The molecule has 0 bridgehead atoms. The molecule has 1 aromatic carbocycles. The zero-order valence-corrected chi connectivity index (χ0v) is 15.2. The third kappa shape index (κ3) is 5.55. The van der Waals surface area contributed by atoms with Crippen LogP contribution >= 0.6 is 23.2 Å². The van der Waals surface area contributed by atoms with Crippen LogP contribution in [0.1, 0.15) is 33.1 Å². The molecule has 128 valence electrons. The number of amides is 1.